The Balaban J connectivity index is 0.00000800. The van der Waals surface area contributed by atoms with E-state index in [0.29, 0.717) is 0 Å². The number of aliphatic carboxylic acids is 1. The first kappa shape index (κ1) is 37.6. The van der Waals surface area contributed by atoms with E-state index < -0.39 is 106 Å². The van der Waals surface area contributed by atoms with Crippen LogP contribution in [0.15, 0.2) is 0 Å². The molecule has 229 valence electrons. The molecule has 0 spiro atoms. The number of hydrogen-bond donors (Lipinski definition) is 8. The van der Waals surface area contributed by atoms with E-state index in [1.54, 1.807) is 0 Å². The van der Waals surface area contributed by atoms with Crippen LogP contribution in [0.5, 0.6) is 0 Å². The maximum atomic E-state index is 12.6. The van der Waals surface area contributed by atoms with Crippen LogP contribution in [0.1, 0.15) is 6.92 Å². The van der Waals surface area contributed by atoms with Gasteiger partial charge in [0.15, 0.2) is 18.5 Å². The summed E-state index contributed by atoms with van der Waals surface area (Å²) in [5, 5.41) is 49.6. The number of carboxylic acid groups (broad SMARTS) is 1. The van der Waals surface area contributed by atoms with Crippen LogP contribution >= 0.6 is 7.82 Å². The Morgan fingerprint density at radius 2 is 1.77 bits per heavy atom. The third-order valence-electron chi connectivity index (χ3n) is 6.01. The number of nitrogens with two attached hydrogens (primary N) is 2. The Morgan fingerprint density at radius 1 is 1.18 bits per heavy atom. The Bertz CT molecular complexity index is 943. The molecule has 0 saturated carbocycles. The number of rotatable bonds is 12. The molecule has 2 rings (SSSR count). The number of primary amides is 1. The molecule has 2 heterocycles. The topological polar surface area (TPSA) is 330 Å². The van der Waals surface area contributed by atoms with Crippen molar-refractivity contribution in [3.05, 3.63) is 5.73 Å². The van der Waals surface area contributed by atoms with Gasteiger partial charge in [0.1, 0.15) is 36.1 Å². The standard InChI is InChI=1S/C18H31N3O17P.Ac/c1-18(29)7(15(28)37-21)11(35-16-8(19)10(24)9(23)5(3-22)34-16)17(36-12(18)13(20)25)38-39(30,31)33-4-6(32-2)14(26)27;/h5-12,16-17,19,22-24,29H,3-4,21H2,1-2H3,(H2,20,25)(H,26,27)(H,30,31);/q-1;. The summed E-state index contributed by atoms with van der Waals surface area (Å²) in [5.74, 6) is -1.63. The molecule has 12 atom stereocenters. The quantitative estimate of drug-likeness (QED) is 0.0679. The molecule has 2 fully saturated rings. The largest absolute Gasteiger partial charge is 0.668 e. The second kappa shape index (κ2) is 15.3. The Kier molecular flexibility index (Phi) is 14.4. The molecule has 2 aliphatic rings. The predicted molar refractivity (Wildman–Crippen MR) is 118 cm³/mol. The van der Waals surface area contributed by atoms with Crippen molar-refractivity contribution in [1.82, 2.24) is 0 Å². The number of amides is 1. The molecule has 2 saturated heterocycles. The molecule has 0 aromatic rings. The maximum Gasteiger partial charge on any atom is 0.474 e. The van der Waals surface area contributed by atoms with Crippen LogP contribution in [0.3, 0.4) is 0 Å². The van der Waals surface area contributed by atoms with Crippen molar-refractivity contribution in [2.45, 2.75) is 67.8 Å². The molecule has 0 aliphatic carbocycles. The molecule has 1 amide bonds. The summed E-state index contributed by atoms with van der Waals surface area (Å²) in [4.78, 5) is 50.2. The van der Waals surface area contributed by atoms with Gasteiger partial charge < -0.3 is 65.7 Å². The van der Waals surface area contributed by atoms with Crippen molar-refractivity contribution in [2.24, 2.45) is 17.5 Å². The van der Waals surface area contributed by atoms with Gasteiger partial charge in [0.05, 0.1) is 19.3 Å². The minimum Gasteiger partial charge on any atom is -0.668 e. The monoisotopic (exact) mass is 819 g/mol. The minimum atomic E-state index is -5.36. The number of ether oxygens (including phenoxy) is 4. The maximum absolute atomic E-state index is 12.6. The Morgan fingerprint density at radius 3 is 2.25 bits per heavy atom. The molecular weight excluding hydrogens is 788 g/mol. The molecule has 11 N–H and O–H groups in total. The minimum absolute atomic E-state index is 0. The van der Waals surface area contributed by atoms with Gasteiger partial charge in [-0.1, -0.05) is 6.04 Å². The van der Waals surface area contributed by atoms with E-state index in [9.17, 15) is 44.3 Å². The summed E-state index contributed by atoms with van der Waals surface area (Å²) in [6, 6.07) is -1.84. The van der Waals surface area contributed by atoms with Crippen LogP contribution < -0.4 is 11.6 Å². The van der Waals surface area contributed by atoms with Gasteiger partial charge >= 0.3 is 19.8 Å². The molecule has 0 aromatic heterocycles. The molecule has 22 heteroatoms. The van der Waals surface area contributed by atoms with Gasteiger partial charge in [-0.25, -0.2) is 14.2 Å². The normalized spacial score (nSPS) is 38.4. The van der Waals surface area contributed by atoms with Crippen molar-refractivity contribution >= 4 is 25.7 Å². The molecular formula is C18H31AcN3O17P-. The number of hydrogen-bond acceptors (Lipinski definition) is 16. The van der Waals surface area contributed by atoms with Gasteiger partial charge in [-0.15, -0.1) is 0 Å². The van der Waals surface area contributed by atoms with E-state index in [0.717, 1.165) is 14.0 Å². The molecule has 12 unspecified atom stereocenters. The molecule has 40 heavy (non-hydrogen) atoms. The molecule has 1 radical (unpaired) electrons. The Hall–Kier alpha value is -0.438. The first-order valence-electron chi connectivity index (χ1n) is 11.0. The van der Waals surface area contributed by atoms with Crippen molar-refractivity contribution in [3.63, 3.8) is 0 Å². The fraction of sp³-hybridized carbons (Fsp3) is 0.833. The third kappa shape index (κ3) is 8.57. The number of carbonyl (C=O) groups is 3. The predicted octanol–water partition coefficient (Wildman–Crippen LogP) is -4.54. The van der Waals surface area contributed by atoms with Gasteiger partial charge in [0.25, 0.3) is 0 Å². The van der Waals surface area contributed by atoms with Crippen molar-refractivity contribution in [3.8, 4) is 0 Å². The zero-order valence-electron chi connectivity index (χ0n) is 21.0. The molecule has 2 aliphatic heterocycles. The van der Waals surface area contributed by atoms with E-state index in [1.807, 2.05) is 0 Å². The number of carboxylic acids is 1. The number of carbonyl (C=O) groups excluding carboxylic acids is 2. The van der Waals surface area contributed by atoms with Crippen LogP contribution in [0.4, 0.5) is 0 Å². The zero-order chi connectivity index (χ0) is 29.9. The van der Waals surface area contributed by atoms with E-state index in [4.69, 9.17) is 41.2 Å². The average Bonchev–Trinajstić information content (AvgIpc) is 2.84. The van der Waals surface area contributed by atoms with E-state index in [-0.39, 0.29) is 44.1 Å². The van der Waals surface area contributed by atoms with Crippen LogP contribution in [-0.2, 0) is 51.8 Å². The van der Waals surface area contributed by atoms with Crippen molar-refractivity contribution in [2.75, 3.05) is 20.3 Å². The number of phosphoric ester groups is 1. The Labute approximate surface area is 262 Å². The average molecular weight is 819 g/mol. The number of nitrogens with one attached hydrogen (secondary N) is 1. The van der Waals surface area contributed by atoms with Gasteiger partial charge in [-0.2, -0.15) is 5.90 Å². The summed E-state index contributed by atoms with van der Waals surface area (Å²) in [6.07, 6.45) is -15.4. The summed E-state index contributed by atoms with van der Waals surface area (Å²) in [7, 11) is -4.39. The van der Waals surface area contributed by atoms with Gasteiger partial charge in [-0.05, 0) is 6.92 Å². The van der Waals surface area contributed by atoms with Crippen LogP contribution in [-0.4, -0.2) is 129 Å². The summed E-state index contributed by atoms with van der Waals surface area (Å²) >= 11 is 0. The van der Waals surface area contributed by atoms with Gasteiger partial charge in [0, 0.05) is 51.2 Å². The van der Waals surface area contributed by atoms with Crippen molar-refractivity contribution in [1.29, 1.82) is 0 Å². The smallest absolute Gasteiger partial charge is 0.474 e. The van der Waals surface area contributed by atoms with Crippen LogP contribution in [0, 0.1) is 50.0 Å². The second-order valence-electron chi connectivity index (χ2n) is 8.69. The van der Waals surface area contributed by atoms with Crippen LogP contribution in [0.25, 0.3) is 5.73 Å². The SMILES string of the molecule is COC(COP(=O)(O)OC1OC(C(N)=O)C(C)(O)C(C(=O)ON)C1OC1OC(CO)C(O)C(O)C1[NH-])C(=O)O.[Ac]. The number of phosphoric acid groups is 1. The fourth-order valence-corrected chi connectivity index (χ4v) is 4.76. The molecule has 0 aromatic carbocycles. The van der Waals surface area contributed by atoms with E-state index in [1.165, 1.54) is 0 Å². The second-order valence-corrected chi connectivity index (χ2v) is 10.1. The fourth-order valence-electron chi connectivity index (χ4n) is 3.95. The first-order chi connectivity index (χ1) is 18.0. The third-order valence-corrected chi connectivity index (χ3v) is 6.96. The summed E-state index contributed by atoms with van der Waals surface area (Å²) in [6.45, 7) is -1.03. The summed E-state index contributed by atoms with van der Waals surface area (Å²) < 4.78 is 42.7. The van der Waals surface area contributed by atoms with E-state index in [2.05, 4.69) is 14.1 Å². The van der Waals surface area contributed by atoms with Crippen molar-refractivity contribution < 1.29 is 126 Å². The number of aliphatic hydroxyl groups is 4. The van der Waals surface area contributed by atoms with Gasteiger partial charge in [-0.3, -0.25) is 13.8 Å². The summed E-state index contributed by atoms with van der Waals surface area (Å²) in [5.41, 5.74) is 10.7. The first-order valence-corrected chi connectivity index (χ1v) is 12.5. The van der Waals surface area contributed by atoms with E-state index >= 15 is 0 Å². The van der Waals surface area contributed by atoms with Gasteiger partial charge in [0.2, 0.25) is 5.91 Å². The molecule has 0 bridgehead atoms. The number of aliphatic hydroxyl groups excluding tert-OH is 3. The number of methoxy groups -OCH3 is 1. The molecule has 20 nitrogen and oxygen atoms in total. The van der Waals surface area contributed by atoms with Crippen LogP contribution in [0.2, 0.25) is 0 Å². The zero-order valence-corrected chi connectivity index (χ0v) is 26.7.